The standard InChI is InChI=1S/C12H21N5O2/c1-8(2)15-12(18)6-14-10-5-9(13-3)16-11(17-10)7-19-4/h5,8H,6-7H2,1-4H3,(H,15,18)(H2,13,14,16,17). The van der Waals surface area contributed by atoms with Crippen LogP contribution >= 0.6 is 0 Å². The van der Waals surface area contributed by atoms with Gasteiger partial charge in [-0.3, -0.25) is 4.79 Å². The van der Waals surface area contributed by atoms with Gasteiger partial charge in [0.15, 0.2) is 5.82 Å². The molecular formula is C12H21N5O2. The SMILES string of the molecule is CNc1cc(NCC(=O)NC(C)C)nc(COC)n1. The van der Waals surface area contributed by atoms with E-state index < -0.39 is 0 Å². The summed E-state index contributed by atoms with van der Waals surface area (Å²) in [5.41, 5.74) is 0. The Morgan fingerprint density at radius 3 is 2.63 bits per heavy atom. The minimum atomic E-state index is -0.0760. The zero-order chi connectivity index (χ0) is 14.3. The van der Waals surface area contributed by atoms with Crippen LogP contribution < -0.4 is 16.0 Å². The highest BCUT2D eigenvalue weighted by Gasteiger charge is 2.06. The van der Waals surface area contributed by atoms with E-state index in [-0.39, 0.29) is 18.5 Å². The van der Waals surface area contributed by atoms with Gasteiger partial charge in [-0.05, 0) is 13.8 Å². The van der Waals surface area contributed by atoms with Crippen molar-refractivity contribution in [3.63, 3.8) is 0 Å². The largest absolute Gasteiger partial charge is 0.377 e. The van der Waals surface area contributed by atoms with E-state index in [4.69, 9.17) is 4.74 Å². The van der Waals surface area contributed by atoms with E-state index in [1.165, 1.54) is 0 Å². The Hall–Kier alpha value is -1.89. The van der Waals surface area contributed by atoms with Crippen molar-refractivity contribution in [1.82, 2.24) is 15.3 Å². The third kappa shape index (κ3) is 5.52. The zero-order valence-corrected chi connectivity index (χ0v) is 11.8. The average molecular weight is 267 g/mol. The molecule has 1 aromatic heterocycles. The predicted octanol–water partition coefficient (Wildman–Crippen LogP) is 0.601. The number of hydrogen-bond acceptors (Lipinski definition) is 6. The molecular weight excluding hydrogens is 246 g/mol. The zero-order valence-electron chi connectivity index (χ0n) is 11.8. The van der Waals surface area contributed by atoms with E-state index in [0.29, 0.717) is 24.1 Å². The van der Waals surface area contributed by atoms with Gasteiger partial charge in [0.1, 0.15) is 18.2 Å². The second kappa shape index (κ2) is 7.52. The van der Waals surface area contributed by atoms with Crippen molar-refractivity contribution < 1.29 is 9.53 Å². The Kier molecular flexibility index (Phi) is 6.01. The molecule has 1 rings (SSSR count). The molecule has 0 fully saturated rings. The number of carbonyl (C=O) groups excluding carboxylic acids is 1. The van der Waals surface area contributed by atoms with Crippen LogP contribution in [0.15, 0.2) is 6.07 Å². The lowest BCUT2D eigenvalue weighted by Crippen LogP contribution is -2.35. The molecule has 0 saturated carbocycles. The number of hydrogen-bond donors (Lipinski definition) is 3. The Bertz CT molecular complexity index is 423. The van der Waals surface area contributed by atoms with Gasteiger partial charge in [0.25, 0.3) is 0 Å². The minimum absolute atomic E-state index is 0.0760. The van der Waals surface area contributed by atoms with Gasteiger partial charge in [0.2, 0.25) is 5.91 Å². The number of nitrogens with one attached hydrogen (secondary N) is 3. The summed E-state index contributed by atoms with van der Waals surface area (Å²) in [5.74, 6) is 1.74. The first kappa shape index (κ1) is 15.2. The van der Waals surface area contributed by atoms with Gasteiger partial charge in [-0.15, -0.1) is 0 Å². The smallest absolute Gasteiger partial charge is 0.239 e. The maximum absolute atomic E-state index is 11.5. The Labute approximate surface area is 113 Å². The summed E-state index contributed by atoms with van der Waals surface area (Å²) in [6.07, 6.45) is 0. The minimum Gasteiger partial charge on any atom is -0.377 e. The molecule has 1 amide bonds. The van der Waals surface area contributed by atoms with Crippen molar-refractivity contribution in [3.8, 4) is 0 Å². The van der Waals surface area contributed by atoms with Crippen LogP contribution in [-0.2, 0) is 16.1 Å². The summed E-state index contributed by atoms with van der Waals surface area (Å²) in [7, 11) is 3.35. The number of nitrogens with zero attached hydrogens (tertiary/aromatic N) is 2. The lowest BCUT2D eigenvalue weighted by Gasteiger charge is -2.11. The van der Waals surface area contributed by atoms with Crippen molar-refractivity contribution in [1.29, 1.82) is 0 Å². The first-order chi connectivity index (χ1) is 9.05. The third-order valence-corrected chi connectivity index (χ3v) is 2.18. The number of anilines is 2. The highest BCUT2D eigenvalue weighted by atomic mass is 16.5. The van der Waals surface area contributed by atoms with Crippen LogP contribution in [0.3, 0.4) is 0 Å². The fraction of sp³-hybridized carbons (Fsp3) is 0.583. The molecule has 7 nitrogen and oxygen atoms in total. The topological polar surface area (TPSA) is 88.2 Å². The van der Waals surface area contributed by atoms with Gasteiger partial charge in [-0.1, -0.05) is 0 Å². The maximum Gasteiger partial charge on any atom is 0.239 e. The normalized spacial score (nSPS) is 10.4. The Balaban J connectivity index is 2.66. The first-order valence-electron chi connectivity index (χ1n) is 6.13. The van der Waals surface area contributed by atoms with Crippen LogP contribution in [0.25, 0.3) is 0 Å². The van der Waals surface area contributed by atoms with Crippen molar-refractivity contribution in [2.75, 3.05) is 31.3 Å². The van der Waals surface area contributed by atoms with Gasteiger partial charge in [-0.2, -0.15) is 0 Å². The van der Waals surface area contributed by atoms with Crippen LogP contribution in [0.2, 0.25) is 0 Å². The Morgan fingerprint density at radius 2 is 2.05 bits per heavy atom. The quantitative estimate of drug-likeness (QED) is 0.670. The molecule has 1 aromatic rings. The number of ether oxygens (including phenoxy) is 1. The molecule has 1 heterocycles. The van der Waals surface area contributed by atoms with Crippen LogP contribution in [0, 0.1) is 0 Å². The number of rotatable bonds is 7. The molecule has 19 heavy (non-hydrogen) atoms. The molecule has 7 heteroatoms. The summed E-state index contributed by atoms with van der Waals surface area (Å²) < 4.78 is 5.00. The lowest BCUT2D eigenvalue weighted by molar-refractivity contribution is -0.119. The van der Waals surface area contributed by atoms with Crippen molar-refractivity contribution in [3.05, 3.63) is 11.9 Å². The number of carbonyl (C=O) groups is 1. The van der Waals surface area contributed by atoms with Crippen LogP contribution in [0.4, 0.5) is 11.6 Å². The summed E-state index contributed by atoms with van der Waals surface area (Å²) in [5, 5.41) is 8.70. The molecule has 0 radical (unpaired) electrons. The summed E-state index contributed by atoms with van der Waals surface area (Å²) in [6.45, 7) is 4.32. The van der Waals surface area contributed by atoms with Gasteiger partial charge in [-0.25, -0.2) is 9.97 Å². The molecule has 0 unspecified atom stereocenters. The molecule has 0 aliphatic heterocycles. The molecule has 0 bridgehead atoms. The molecule has 0 aliphatic rings. The highest BCUT2D eigenvalue weighted by molar-refractivity contribution is 5.80. The molecule has 3 N–H and O–H groups in total. The van der Waals surface area contributed by atoms with E-state index in [1.807, 2.05) is 13.8 Å². The molecule has 0 atom stereocenters. The van der Waals surface area contributed by atoms with E-state index in [2.05, 4.69) is 25.9 Å². The fourth-order valence-electron chi connectivity index (χ4n) is 1.45. The monoisotopic (exact) mass is 267 g/mol. The van der Waals surface area contributed by atoms with Crippen molar-refractivity contribution >= 4 is 17.5 Å². The molecule has 106 valence electrons. The van der Waals surface area contributed by atoms with Crippen LogP contribution in [0.1, 0.15) is 19.7 Å². The Morgan fingerprint density at radius 1 is 1.37 bits per heavy atom. The maximum atomic E-state index is 11.5. The fourth-order valence-corrected chi connectivity index (χ4v) is 1.45. The molecule has 0 aliphatic carbocycles. The molecule has 0 saturated heterocycles. The molecule has 0 aromatic carbocycles. The number of aromatic nitrogens is 2. The van der Waals surface area contributed by atoms with Gasteiger partial charge < -0.3 is 20.7 Å². The van der Waals surface area contributed by atoms with E-state index in [9.17, 15) is 4.79 Å². The third-order valence-electron chi connectivity index (χ3n) is 2.18. The van der Waals surface area contributed by atoms with Crippen LogP contribution in [-0.4, -0.2) is 42.6 Å². The number of amides is 1. The first-order valence-corrected chi connectivity index (χ1v) is 6.13. The van der Waals surface area contributed by atoms with Gasteiger partial charge in [0.05, 0.1) is 6.54 Å². The van der Waals surface area contributed by atoms with Gasteiger partial charge in [0, 0.05) is 26.3 Å². The molecule has 0 spiro atoms. The van der Waals surface area contributed by atoms with Crippen molar-refractivity contribution in [2.45, 2.75) is 26.5 Å². The second-order valence-corrected chi connectivity index (χ2v) is 4.31. The summed E-state index contributed by atoms with van der Waals surface area (Å²) in [6, 6.07) is 1.86. The van der Waals surface area contributed by atoms with Gasteiger partial charge >= 0.3 is 0 Å². The van der Waals surface area contributed by atoms with E-state index in [1.54, 1.807) is 20.2 Å². The van der Waals surface area contributed by atoms with Crippen LogP contribution in [0.5, 0.6) is 0 Å². The number of methoxy groups -OCH3 is 1. The summed E-state index contributed by atoms with van der Waals surface area (Å²) >= 11 is 0. The van der Waals surface area contributed by atoms with E-state index >= 15 is 0 Å². The highest BCUT2D eigenvalue weighted by Crippen LogP contribution is 2.11. The predicted molar refractivity (Wildman–Crippen MR) is 74.1 cm³/mol. The van der Waals surface area contributed by atoms with Crippen molar-refractivity contribution in [2.24, 2.45) is 0 Å². The lowest BCUT2D eigenvalue weighted by atomic mass is 10.4. The summed E-state index contributed by atoms with van der Waals surface area (Å²) in [4.78, 5) is 20.0. The second-order valence-electron chi connectivity index (χ2n) is 4.31. The average Bonchev–Trinajstić information content (AvgIpc) is 2.35. The van der Waals surface area contributed by atoms with E-state index in [0.717, 1.165) is 0 Å².